The van der Waals surface area contributed by atoms with E-state index < -0.39 is 10.8 Å². The molecular formula is C5H8Cl2O2. The van der Waals surface area contributed by atoms with Crippen LogP contribution in [0.15, 0.2) is 0 Å². The van der Waals surface area contributed by atoms with Crippen molar-refractivity contribution < 1.29 is 9.90 Å². The Balaban J connectivity index is 3.50. The molecule has 0 radical (unpaired) electrons. The van der Waals surface area contributed by atoms with Crippen LogP contribution in [0, 0.1) is 5.92 Å². The van der Waals surface area contributed by atoms with Crippen molar-refractivity contribution in [3.05, 3.63) is 0 Å². The van der Waals surface area contributed by atoms with Gasteiger partial charge < -0.3 is 5.11 Å². The first kappa shape index (κ1) is 9.05. The third kappa shape index (κ3) is 4.55. The monoisotopic (exact) mass is 170 g/mol. The predicted octanol–water partition coefficient (Wildman–Crippen LogP) is 1.90. The third-order valence-electron chi connectivity index (χ3n) is 0.927. The van der Waals surface area contributed by atoms with Crippen molar-refractivity contribution in [1.82, 2.24) is 0 Å². The van der Waals surface area contributed by atoms with Crippen LogP contribution in [-0.4, -0.2) is 15.9 Å². The Kier molecular flexibility index (Phi) is 3.98. The molecule has 9 heavy (non-hydrogen) atoms. The number of carboxylic acids is 1. The molecule has 1 atom stereocenters. The molecule has 1 N–H and O–H groups in total. The molecule has 0 spiro atoms. The van der Waals surface area contributed by atoms with Crippen molar-refractivity contribution in [2.24, 2.45) is 5.92 Å². The number of carboxylic acid groups (broad SMARTS) is 1. The summed E-state index contributed by atoms with van der Waals surface area (Å²) in [5, 5.41) is 8.22. The molecule has 4 heteroatoms. The maximum Gasteiger partial charge on any atom is 0.303 e. The van der Waals surface area contributed by atoms with E-state index in [9.17, 15) is 4.79 Å². The zero-order valence-corrected chi connectivity index (χ0v) is 6.49. The Labute approximate surface area is 63.8 Å². The van der Waals surface area contributed by atoms with Crippen LogP contribution in [0.3, 0.4) is 0 Å². The van der Waals surface area contributed by atoms with E-state index >= 15 is 0 Å². The van der Waals surface area contributed by atoms with Crippen LogP contribution >= 0.6 is 23.2 Å². The highest BCUT2D eigenvalue weighted by Crippen LogP contribution is 2.17. The summed E-state index contributed by atoms with van der Waals surface area (Å²) in [4.78, 5) is 9.41. The first-order valence-electron chi connectivity index (χ1n) is 2.54. The van der Waals surface area contributed by atoms with Crippen molar-refractivity contribution in [3.8, 4) is 0 Å². The second kappa shape index (κ2) is 3.96. The van der Waals surface area contributed by atoms with Gasteiger partial charge >= 0.3 is 5.97 Å². The van der Waals surface area contributed by atoms with Crippen molar-refractivity contribution in [2.45, 2.75) is 18.2 Å². The van der Waals surface area contributed by atoms with Crippen LogP contribution < -0.4 is 0 Å². The molecule has 0 aromatic rings. The van der Waals surface area contributed by atoms with Crippen LogP contribution in [0.2, 0.25) is 0 Å². The van der Waals surface area contributed by atoms with E-state index in [4.69, 9.17) is 28.3 Å². The lowest BCUT2D eigenvalue weighted by molar-refractivity contribution is -0.137. The maximum atomic E-state index is 10.00. The number of carbonyl (C=O) groups is 1. The summed E-state index contributed by atoms with van der Waals surface area (Å²) in [6.45, 7) is 1.69. The lowest BCUT2D eigenvalue weighted by Crippen LogP contribution is -2.10. The molecule has 0 unspecified atom stereocenters. The lowest BCUT2D eigenvalue weighted by atomic mass is 10.1. The van der Waals surface area contributed by atoms with Gasteiger partial charge in [0.15, 0.2) is 0 Å². The summed E-state index contributed by atoms with van der Waals surface area (Å²) in [5.41, 5.74) is 0. The maximum absolute atomic E-state index is 10.00. The average Bonchev–Trinajstić information content (AvgIpc) is 1.63. The zero-order valence-electron chi connectivity index (χ0n) is 4.97. The summed E-state index contributed by atoms with van der Waals surface area (Å²) in [5.74, 6) is -1.04. The normalized spacial score (nSPS) is 13.8. The second-order valence-corrected chi connectivity index (χ2v) is 3.07. The summed E-state index contributed by atoms with van der Waals surface area (Å²) in [7, 11) is 0. The zero-order chi connectivity index (χ0) is 7.44. The molecule has 0 fully saturated rings. The fraction of sp³-hybridized carbons (Fsp3) is 0.800. The quantitative estimate of drug-likeness (QED) is 0.658. The van der Waals surface area contributed by atoms with E-state index in [1.54, 1.807) is 6.92 Å². The van der Waals surface area contributed by atoms with Gasteiger partial charge in [0.1, 0.15) is 4.84 Å². The van der Waals surface area contributed by atoms with Gasteiger partial charge in [-0.15, -0.1) is 23.2 Å². The molecule has 0 amide bonds. The Morgan fingerprint density at radius 1 is 1.67 bits per heavy atom. The van der Waals surface area contributed by atoms with Gasteiger partial charge in [-0.2, -0.15) is 0 Å². The Morgan fingerprint density at radius 3 is 2.22 bits per heavy atom. The minimum absolute atomic E-state index is 0.0255. The predicted molar refractivity (Wildman–Crippen MR) is 36.9 cm³/mol. The number of rotatable bonds is 3. The molecule has 0 saturated carbocycles. The van der Waals surface area contributed by atoms with E-state index in [0.717, 1.165) is 0 Å². The SMILES string of the molecule is C[C@@H](CC(=O)O)C(Cl)Cl. The highest BCUT2D eigenvalue weighted by atomic mass is 35.5. The standard InChI is InChI=1S/C5H8Cl2O2/c1-3(5(6)7)2-4(8)9/h3,5H,2H2,1H3,(H,8,9)/t3-/m0/s1. The van der Waals surface area contributed by atoms with Gasteiger partial charge in [0.2, 0.25) is 0 Å². The summed E-state index contributed by atoms with van der Waals surface area (Å²) >= 11 is 10.7. The smallest absolute Gasteiger partial charge is 0.303 e. The molecule has 0 heterocycles. The van der Waals surface area contributed by atoms with Crippen molar-refractivity contribution in [2.75, 3.05) is 0 Å². The van der Waals surface area contributed by atoms with Gasteiger partial charge in [0.05, 0.1) is 6.42 Å². The van der Waals surface area contributed by atoms with E-state index in [-0.39, 0.29) is 12.3 Å². The van der Waals surface area contributed by atoms with E-state index in [1.807, 2.05) is 0 Å². The van der Waals surface area contributed by atoms with Crippen molar-refractivity contribution >= 4 is 29.2 Å². The van der Waals surface area contributed by atoms with Gasteiger partial charge in [0, 0.05) is 0 Å². The van der Waals surface area contributed by atoms with Gasteiger partial charge in [0.25, 0.3) is 0 Å². The van der Waals surface area contributed by atoms with Gasteiger partial charge in [-0.05, 0) is 5.92 Å². The summed E-state index contributed by atoms with van der Waals surface area (Å²) < 4.78 is 0. The largest absolute Gasteiger partial charge is 0.481 e. The number of alkyl halides is 2. The summed E-state index contributed by atoms with van der Waals surface area (Å²) in [6, 6.07) is 0. The second-order valence-electron chi connectivity index (χ2n) is 1.91. The van der Waals surface area contributed by atoms with Crippen molar-refractivity contribution in [3.63, 3.8) is 0 Å². The highest BCUT2D eigenvalue weighted by Gasteiger charge is 2.13. The molecule has 0 bridgehead atoms. The molecule has 0 aliphatic heterocycles. The highest BCUT2D eigenvalue weighted by molar-refractivity contribution is 6.44. The molecule has 0 aliphatic carbocycles. The number of halogens is 2. The molecule has 0 aromatic carbocycles. The first-order chi connectivity index (χ1) is 4.04. The fourth-order valence-electron chi connectivity index (χ4n) is 0.365. The molecule has 0 aliphatic rings. The summed E-state index contributed by atoms with van der Waals surface area (Å²) in [6.07, 6.45) is 0.0255. The fourth-order valence-corrected chi connectivity index (χ4v) is 0.543. The number of hydrogen-bond donors (Lipinski definition) is 1. The molecule has 0 rings (SSSR count). The average molecular weight is 171 g/mol. The topological polar surface area (TPSA) is 37.3 Å². The molecular weight excluding hydrogens is 163 g/mol. The number of hydrogen-bond acceptors (Lipinski definition) is 1. The van der Waals surface area contributed by atoms with Crippen LogP contribution in [-0.2, 0) is 4.79 Å². The van der Waals surface area contributed by atoms with Crippen molar-refractivity contribution in [1.29, 1.82) is 0 Å². The van der Waals surface area contributed by atoms with Gasteiger partial charge in [-0.3, -0.25) is 4.79 Å². The van der Waals surface area contributed by atoms with Crippen LogP contribution in [0.1, 0.15) is 13.3 Å². The van der Waals surface area contributed by atoms with Crippen LogP contribution in [0.25, 0.3) is 0 Å². The van der Waals surface area contributed by atoms with Gasteiger partial charge in [-0.25, -0.2) is 0 Å². The molecule has 0 aromatic heterocycles. The minimum atomic E-state index is -0.867. The van der Waals surface area contributed by atoms with Crippen LogP contribution in [0.4, 0.5) is 0 Å². The molecule has 0 saturated heterocycles. The molecule has 2 nitrogen and oxygen atoms in total. The van der Waals surface area contributed by atoms with Gasteiger partial charge in [-0.1, -0.05) is 6.92 Å². The third-order valence-corrected chi connectivity index (χ3v) is 1.79. The Morgan fingerprint density at radius 2 is 2.11 bits per heavy atom. The van der Waals surface area contributed by atoms with E-state index in [1.165, 1.54) is 0 Å². The molecule has 54 valence electrons. The Bertz CT molecular complexity index is 103. The lowest BCUT2D eigenvalue weighted by Gasteiger charge is -2.06. The number of aliphatic carboxylic acids is 1. The Hall–Kier alpha value is 0.0500. The first-order valence-corrected chi connectivity index (χ1v) is 3.41. The van der Waals surface area contributed by atoms with E-state index in [0.29, 0.717) is 0 Å². The van der Waals surface area contributed by atoms with E-state index in [2.05, 4.69) is 0 Å². The minimum Gasteiger partial charge on any atom is -0.481 e. The van der Waals surface area contributed by atoms with Crippen LogP contribution in [0.5, 0.6) is 0 Å².